The van der Waals surface area contributed by atoms with Crippen LogP contribution in [0.3, 0.4) is 0 Å². The highest BCUT2D eigenvalue weighted by Gasteiger charge is 2.38. The van der Waals surface area contributed by atoms with Crippen molar-refractivity contribution < 1.29 is 6.22 Å². The minimum atomic E-state index is 0. The summed E-state index contributed by atoms with van der Waals surface area (Å²) in [6.45, 7) is 0.812. The van der Waals surface area contributed by atoms with Crippen molar-refractivity contribution in [1.29, 1.82) is 5.41 Å². The predicted molar refractivity (Wildman–Crippen MR) is 102 cm³/mol. The number of aryl methyl sites for hydroxylation is 1. The fraction of sp³-hybridized carbons (Fsp3) is 0.333. The van der Waals surface area contributed by atoms with Crippen molar-refractivity contribution in [2.75, 3.05) is 12.3 Å². The summed E-state index contributed by atoms with van der Waals surface area (Å²) in [6, 6.07) is 14.2. The molecular formula is C21H25N3O. The van der Waals surface area contributed by atoms with Gasteiger partial charge in [0.2, 0.25) is 0 Å². The SMILES string of the molecule is N=Cc1cc(C(=O)N2CCCC3c4ccccc4CCC32)ccc1N.[HH]. The van der Waals surface area contributed by atoms with E-state index >= 15 is 0 Å². The Kier molecular flexibility index (Phi) is 4.04. The van der Waals surface area contributed by atoms with Gasteiger partial charge in [-0.1, -0.05) is 24.3 Å². The van der Waals surface area contributed by atoms with E-state index < -0.39 is 0 Å². The van der Waals surface area contributed by atoms with E-state index in [-0.39, 0.29) is 13.4 Å². The molecule has 1 aliphatic heterocycles. The number of rotatable bonds is 2. The third-order valence-electron chi connectivity index (χ3n) is 5.69. The Labute approximate surface area is 149 Å². The van der Waals surface area contributed by atoms with Crippen molar-refractivity contribution >= 4 is 17.8 Å². The van der Waals surface area contributed by atoms with E-state index in [1.807, 2.05) is 0 Å². The first-order valence-electron chi connectivity index (χ1n) is 8.98. The molecule has 2 aromatic carbocycles. The van der Waals surface area contributed by atoms with E-state index in [1.54, 1.807) is 18.2 Å². The monoisotopic (exact) mass is 335 g/mol. The lowest BCUT2D eigenvalue weighted by Gasteiger charge is -2.45. The minimum absolute atomic E-state index is 0. The molecule has 0 aromatic heterocycles. The summed E-state index contributed by atoms with van der Waals surface area (Å²) in [7, 11) is 0. The number of likely N-dealkylation sites (tertiary alicyclic amines) is 1. The lowest BCUT2D eigenvalue weighted by Crippen LogP contribution is -2.49. The second kappa shape index (κ2) is 6.36. The fourth-order valence-corrected chi connectivity index (χ4v) is 4.45. The molecule has 4 nitrogen and oxygen atoms in total. The lowest BCUT2D eigenvalue weighted by molar-refractivity contribution is 0.0547. The number of carbonyl (C=O) groups is 1. The Bertz CT molecular complexity index is 836. The molecule has 2 unspecified atom stereocenters. The van der Waals surface area contributed by atoms with Crippen LogP contribution in [0, 0.1) is 5.41 Å². The molecule has 1 fully saturated rings. The number of nitrogens with two attached hydrogens (primary N) is 1. The summed E-state index contributed by atoms with van der Waals surface area (Å²) >= 11 is 0. The smallest absolute Gasteiger partial charge is 0.254 e. The Morgan fingerprint density at radius 3 is 2.92 bits per heavy atom. The molecule has 2 aromatic rings. The molecule has 0 spiro atoms. The van der Waals surface area contributed by atoms with Crippen LogP contribution < -0.4 is 5.73 Å². The maximum Gasteiger partial charge on any atom is 0.254 e. The number of fused-ring (bicyclic) bond motifs is 3. The largest absolute Gasteiger partial charge is 0.398 e. The number of amides is 1. The van der Waals surface area contributed by atoms with Crippen molar-refractivity contribution in [3.63, 3.8) is 0 Å². The maximum atomic E-state index is 13.2. The zero-order valence-electron chi connectivity index (χ0n) is 14.2. The molecule has 4 rings (SSSR count). The highest BCUT2D eigenvalue weighted by Crippen LogP contribution is 2.41. The molecular weight excluding hydrogens is 310 g/mol. The molecule has 0 radical (unpaired) electrons. The molecule has 2 aliphatic rings. The number of nitrogens with zero attached hydrogens (tertiary/aromatic N) is 1. The number of piperidine rings is 1. The van der Waals surface area contributed by atoms with E-state index in [9.17, 15) is 4.79 Å². The molecule has 1 amide bonds. The molecule has 130 valence electrons. The number of nitrogen functional groups attached to an aromatic ring is 1. The molecule has 4 heteroatoms. The van der Waals surface area contributed by atoms with E-state index in [0.717, 1.165) is 32.2 Å². The van der Waals surface area contributed by atoms with Crippen LogP contribution >= 0.6 is 0 Å². The normalized spacial score (nSPS) is 22.0. The number of benzene rings is 2. The summed E-state index contributed by atoms with van der Waals surface area (Å²) in [5.74, 6) is 0.510. The van der Waals surface area contributed by atoms with Gasteiger partial charge in [-0.2, -0.15) is 0 Å². The first-order chi connectivity index (χ1) is 12.2. The highest BCUT2D eigenvalue weighted by atomic mass is 16.2. The summed E-state index contributed by atoms with van der Waals surface area (Å²) in [4.78, 5) is 15.2. The summed E-state index contributed by atoms with van der Waals surface area (Å²) in [5.41, 5.74) is 10.5. The molecule has 1 heterocycles. The predicted octanol–water partition coefficient (Wildman–Crippen LogP) is 3.85. The van der Waals surface area contributed by atoms with Gasteiger partial charge in [-0.3, -0.25) is 4.79 Å². The molecule has 1 aliphatic carbocycles. The molecule has 2 atom stereocenters. The van der Waals surface area contributed by atoms with Crippen molar-refractivity contribution in [3.05, 3.63) is 64.7 Å². The first kappa shape index (κ1) is 15.9. The van der Waals surface area contributed by atoms with Gasteiger partial charge in [0.1, 0.15) is 0 Å². The van der Waals surface area contributed by atoms with Gasteiger partial charge in [-0.15, -0.1) is 0 Å². The van der Waals surface area contributed by atoms with Crippen LogP contribution in [0.15, 0.2) is 42.5 Å². The third-order valence-corrected chi connectivity index (χ3v) is 5.69. The standard InChI is InChI=1S/C21H23N3O.H2/c22-13-16-12-15(7-9-19(16)23)21(25)24-11-3-6-18-17-5-2-1-4-14(17)8-10-20(18)24;/h1-2,4-5,7,9,12-13,18,20,22H,3,6,8,10-11,23H2;1H. The Morgan fingerprint density at radius 2 is 2.08 bits per heavy atom. The minimum Gasteiger partial charge on any atom is -0.398 e. The average molecular weight is 335 g/mol. The second-order valence-electron chi connectivity index (χ2n) is 7.04. The van der Waals surface area contributed by atoms with Crippen LogP contribution in [0.2, 0.25) is 0 Å². The molecule has 3 N–H and O–H groups in total. The third kappa shape index (κ3) is 2.72. The molecule has 1 saturated heterocycles. The van der Waals surface area contributed by atoms with Gasteiger partial charge in [0.15, 0.2) is 0 Å². The van der Waals surface area contributed by atoms with Gasteiger partial charge in [0.25, 0.3) is 5.91 Å². The van der Waals surface area contributed by atoms with Gasteiger partial charge < -0.3 is 16.0 Å². The van der Waals surface area contributed by atoms with Crippen LogP contribution in [0.4, 0.5) is 5.69 Å². The van der Waals surface area contributed by atoms with Gasteiger partial charge in [-0.05, 0) is 55.0 Å². The fourth-order valence-electron chi connectivity index (χ4n) is 4.45. The first-order valence-corrected chi connectivity index (χ1v) is 8.98. The second-order valence-corrected chi connectivity index (χ2v) is 7.04. The zero-order chi connectivity index (χ0) is 17.4. The van der Waals surface area contributed by atoms with Crippen molar-refractivity contribution in [2.24, 2.45) is 0 Å². The summed E-state index contributed by atoms with van der Waals surface area (Å²) in [6.07, 6.45) is 5.46. The highest BCUT2D eigenvalue weighted by molar-refractivity contribution is 5.98. The van der Waals surface area contributed by atoms with E-state index in [2.05, 4.69) is 29.2 Å². The Hall–Kier alpha value is -2.62. The van der Waals surface area contributed by atoms with Crippen molar-refractivity contribution in [1.82, 2.24) is 4.90 Å². The number of hydrogen-bond acceptors (Lipinski definition) is 3. The van der Waals surface area contributed by atoms with E-state index in [1.165, 1.54) is 17.3 Å². The van der Waals surface area contributed by atoms with Crippen LogP contribution in [0.5, 0.6) is 0 Å². The van der Waals surface area contributed by atoms with E-state index in [0.29, 0.717) is 22.7 Å². The number of hydrogen-bond donors (Lipinski definition) is 2. The number of anilines is 1. The van der Waals surface area contributed by atoms with Crippen LogP contribution in [-0.2, 0) is 6.42 Å². The van der Waals surface area contributed by atoms with Crippen LogP contribution in [-0.4, -0.2) is 29.6 Å². The topological polar surface area (TPSA) is 70.2 Å². The van der Waals surface area contributed by atoms with Crippen LogP contribution in [0.25, 0.3) is 0 Å². The van der Waals surface area contributed by atoms with Gasteiger partial charge in [0.05, 0.1) is 0 Å². The maximum absolute atomic E-state index is 13.2. The van der Waals surface area contributed by atoms with Gasteiger partial charge >= 0.3 is 0 Å². The number of nitrogens with one attached hydrogen (secondary N) is 1. The quantitative estimate of drug-likeness (QED) is 0.646. The van der Waals surface area contributed by atoms with Gasteiger partial charge in [0, 0.05) is 43.0 Å². The Morgan fingerprint density at radius 1 is 1.24 bits per heavy atom. The average Bonchev–Trinajstić information content (AvgIpc) is 2.67. The van der Waals surface area contributed by atoms with Crippen LogP contribution in [0.1, 0.15) is 53.7 Å². The lowest BCUT2D eigenvalue weighted by atomic mass is 9.74. The van der Waals surface area contributed by atoms with E-state index in [4.69, 9.17) is 11.1 Å². The number of carbonyl (C=O) groups excluding carboxylic acids is 1. The summed E-state index contributed by atoms with van der Waals surface area (Å²) in [5, 5.41) is 7.46. The molecule has 25 heavy (non-hydrogen) atoms. The zero-order valence-corrected chi connectivity index (χ0v) is 14.2. The summed E-state index contributed by atoms with van der Waals surface area (Å²) < 4.78 is 0. The molecule has 0 bridgehead atoms. The Balaban J connectivity index is 0.00000196. The van der Waals surface area contributed by atoms with Gasteiger partial charge in [-0.25, -0.2) is 0 Å². The van der Waals surface area contributed by atoms with Crippen molar-refractivity contribution in [2.45, 2.75) is 37.6 Å². The van der Waals surface area contributed by atoms with Crippen molar-refractivity contribution in [3.8, 4) is 0 Å². The molecule has 0 saturated carbocycles.